The van der Waals surface area contributed by atoms with Gasteiger partial charge in [0.05, 0.1) is 38.9 Å². The number of carboxylic acids is 1. The second-order valence-electron chi connectivity index (χ2n) is 4.31. The summed E-state index contributed by atoms with van der Waals surface area (Å²) in [6.45, 7) is 6.59. The molecule has 160 valence electrons. The first-order chi connectivity index (χ1) is 11.9. The molecule has 0 bridgehead atoms. The molecule has 0 aromatic heterocycles. The maximum absolute atomic E-state index is 10.7. The summed E-state index contributed by atoms with van der Waals surface area (Å²) in [5, 5.41) is 15.3. The number of carboxylic acid groups (broad SMARTS) is 1. The van der Waals surface area contributed by atoms with Crippen molar-refractivity contribution in [3.63, 3.8) is 0 Å². The lowest BCUT2D eigenvalue weighted by atomic mass is 10.2. The normalized spacial score (nSPS) is 11.9. The third-order valence-electron chi connectivity index (χ3n) is 2.08. The van der Waals surface area contributed by atoms with E-state index in [-0.39, 0.29) is 25.2 Å². The smallest absolute Gasteiger partial charge is 0.394 e. The topological polar surface area (TPSA) is 203 Å². The minimum atomic E-state index is -4.67. The van der Waals surface area contributed by atoms with Crippen molar-refractivity contribution < 1.29 is 51.5 Å². The van der Waals surface area contributed by atoms with E-state index in [1.165, 1.54) is 7.11 Å². The fraction of sp³-hybridized carbons (Fsp3) is 0.846. The number of carbonyl (C=O) groups is 2. The predicted molar refractivity (Wildman–Crippen MR) is 91.8 cm³/mol. The lowest BCUT2D eigenvalue weighted by molar-refractivity contribution is -0.147. The fourth-order valence-corrected chi connectivity index (χ4v) is 0.880. The molecule has 0 aromatic carbocycles. The Bertz CT molecular complexity index is 420. The average molecular weight is 409 g/mol. The maximum Gasteiger partial charge on any atom is 0.394 e. The predicted octanol–water partition coefficient (Wildman–Crippen LogP) is -0.572. The van der Waals surface area contributed by atoms with Crippen LogP contribution in [-0.4, -0.2) is 80.4 Å². The molecule has 0 rings (SSSR count). The number of methoxy groups -OCH3 is 1. The van der Waals surface area contributed by atoms with Gasteiger partial charge in [-0.3, -0.25) is 18.7 Å². The number of esters is 1. The summed E-state index contributed by atoms with van der Waals surface area (Å²) in [6.07, 6.45) is 0. The Morgan fingerprint density at radius 1 is 1.04 bits per heavy atom. The van der Waals surface area contributed by atoms with E-state index in [0.717, 1.165) is 7.11 Å². The van der Waals surface area contributed by atoms with Crippen LogP contribution in [0.2, 0.25) is 0 Å². The molecule has 0 aromatic rings. The Balaban J connectivity index is -0.000000139. The Labute approximate surface area is 153 Å². The van der Waals surface area contributed by atoms with Crippen LogP contribution in [0.4, 0.5) is 0 Å². The van der Waals surface area contributed by atoms with Gasteiger partial charge in [0.15, 0.2) is 0 Å². The first kappa shape index (κ1) is 32.3. The maximum atomic E-state index is 10.7. The van der Waals surface area contributed by atoms with Gasteiger partial charge in [-0.1, -0.05) is 0 Å². The molecule has 12 nitrogen and oxygen atoms in total. The van der Waals surface area contributed by atoms with E-state index < -0.39 is 22.3 Å². The van der Waals surface area contributed by atoms with Crippen LogP contribution in [0.3, 0.4) is 0 Å². The van der Waals surface area contributed by atoms with Crippen molar-refractivity contribution in [1.82, 2.24) is 0 Å². The second kappa shape index (κ2) is 21.7. The van der Waals surface area contributed by atoms with Gasteiger partial charge in [-0.05, 0) is 20.8 Å². The summed E-state index contributed by atoms with van der Waals surface area (Å²) in [6, 6.07) is 0. The van der Waals surface area contributed by atoms with Crippen LogP contribution in [-0.2, 0) is 34.2 Å². The Kier molecular flexibility index (Phi) is 27.0. The van der Waals surface area contributed by atoms with E-state index in [1.807, 2.05) is 6.92 Å². The second-order valence-corrected chi connectivity index (χ2v) is 5.20. The molecule has 26 heavy (non-hydrogen) atoms. The van der Waals surface area contributed by atoms with Gasteiger partial charge in [-0.2, -0.15) is 8.42 Å². The van der Waals surface area contributed by atoms with Crippen LogP contribution in [0, 0.1) is 11.8 Å². The highest BCUT2D eigenvalue weighted by Gasteiger charge is 2.11. The molecule has 0 fully saturated rings. The van der Waals surface area contributed by atoms with Crippen molar-refractivity contribution in [3.8, 4) is 0 Å². The van der Waals surface area contributed by atoms with Crippen LogP contribution in [0.5, 0.6) is 0 Å². The standard InChI is InChI=1S/C7H14O3.C5H11NO3.CH4O.H2O4S/c1-4-10-5-6(2)7(8)9-3;1-4(5(7)8)2-9-3-6;1-2;1-5(2,3)4/h6H,4-5H2,1-3H3;4H,2-3,6H2,1H3,(H,7,8);2H,1H3;(H2,1,2,3,4). The van der Waals surface area contributed by atoms with Gasteiger partial charge in [-0.25, -0.2) is 0 Å². The van der Waals surface area contributed by atoms with Gasteiger partial charge in [0.25, 0.3) is 0 Å². The van der Waals surface area contributed by atoms with Crippen LogP contribution >= 0.6 is 0 Å². The molecule has 0 spiro atoms. The molecular formula is C13H31NO11S. The molecule has 0 radical (unpaired) electrons. The van der Waals surface area contributed by atoms with Crippen LogP contribution in [0.1, 0.15) is 20.8 Å². The summed E-state index contributed by atoms with van der Waals surface area (Å²) in [5.41, 5.74) is 4.96. The van der Waals surface area contributed by atoms with E-state index in [2.05, 4.69) is 9.47 Å². The summed E-state index contributed by atoms with van der Waals surface area (Å²) < 4.78 is 45.7. The number of nitrogens with two attached hydrogens (primary N) is 1. The molecule has 6 N–H and O–H groups in total. The molecular weight excluding hydrogens is 378 g/mol. The zero-order valence-corrected chi connectivity index (χ0v) is 16.4. The Hall–Kier alpha value is -1.35. The van der Waals surface area contributed by atoms with Gasteiger partial charge in [-0.15, -0.1) is 0 Å². The molecule has 0 saturated heterocycles. The third kappa shape index (κ3) is 38.3. The number of ether oxygens (including phenoxy) is 3. The molecule has 2 atom stereocenters. The van der Waals surface area contributed by atoms with Crippen molar-refractivity contribution in [2.75, 3.05) is 40.8 Å². The first-order valence-corrected chi connectivity index (χ1v) is 8.61. The minimum Gasteiger partial charge on any atom is -0.481 e. The van der Waals surface area contributed by atoms with E-state index in [4.69, 9.17) is 38.2 Å². The average Bonchev–Trinajstić information content (AvgIpc) is 2.57. The quantitative estimate of drug-likeness (QED) is 0.194. The summed E-state index contributed by atoms with van der Waals surface area (Å²) in [5.74, 6) is -1.68. The zero-order chi connectivity index (χ0) is 21.8. The molecule has 0 aliphatic heterocycles. The van der Waals surface area contributed by atoms with Crippen molar-refractivity contribution in [1.29, 1.82) is 0 Å². The van der Waals surface area contributed by atoms with Crippen molar-refractivity contribution >= 4 is 22.3 Å². The van der Waals surface area contributed by atoms with Crippen LogP contribution in [0.15, 0.2) is 0 Å². The van der Waals surface area contributed by atoms with E-state index in [0.29, 0.717) is 13.2 Å². The number of carbonyl (C=O) groups excluding carboxylic acids is 1. The molecule has 0 aliphatic carbocycles. The number of aliphatic carboxylic acids is 1. The molecule has 13 heteroatoms. The van der Waals surface area contributed by atoms with Gasteiger partial charge in [0.2, 0.25) is 0 Å². The lowest BCUT2D eigenvalue weighted by Crippen LogP contribution is -2.18. The number of hydrogen-bond donors (Lipinski definition) is 5. The van der Waals surface area contributed by atoms with Crippen molar-refractivity contribution in [3.05, 3.63) is 0 Å². The van der Waals surface area contributed by atoms with Crippen molar-refractivity contribution in [2.45, 2.75) is 20.8 Å². The highest BCUT2D eigenvalue weighted by Crippen LogP contribution is 1.97. The van der Waals surface area contributed by atoms with Gasteiger partial charge in [0.1, 0.15) is 0 Å². The summed E-state index contributed by atoms with van der Waals surface area (Å²) in [4.78, 5) is 20.8. The molecule has 0 aliphatic rings. The number of hydrogen-bond acceptors (Lipinski definition) is 9. The molecule has 0 heterocycles. The minimum absolute atomic E-state index is 0.0810. The third-order valence-corrected chi connectivity index (χ3v) is 2.08. The number of aliphatic hydroxyl groups is 1. The van der Waals surface area contributed by atoms with Crippen molar-refractivity contribution in [2.24, 2.45) is 17.6 Å². The van der Waals surface area contributed by atoms with E-state index in [9.17, 15) is 9.59 Å². The highest BCUT2D eigenvalue weighted by molar-refractivity contribution is 7.79. The van der Waals surface area contributed by atoms with Gasteiger partial charge in [0, 0.05) is 13.7 Å². The molecule has 2 unspecified atom stereocenters. The Morgan fingerprint density at radius 2 is 1.42 bits per heavy atom. The lowest BCUT2D eigenvalue weighted by Gasteiger charge is -2.07. The van der Waals surface area contributed by atoms with Gasteiger partial charge < -0.3 is 30.2 Å². The highest BCUT2D eigenvalue weighted by atomic mass is 32.3. The number of rotatable bonds is 8. The van der Waals surface area contributed by atoms with Gasteiger partial charge >= 0.3 is 22.3 Å². The zero-order valence-electron chi connectivity index (χ0n) is 15.6. The first-order valence-electron chi connectivity index (χ1n) is 7.21. The summed E-state index contributed by atoms with van der Waals surface area (Å²) in [7, 11) is -2.29. The van der Waals surface area contributed by atoms with E-state index >= 15 is 0 Å². The van der Waals surface area contributed by atoms with E-state index in [1.54, 1.807) is 13.8 Å². The molecule has 0 saturated carbocycles. The number of aliphatic hydroxyl groups excluding tert-OH is 1. The SMILES string of the molecule is CC(COCN)C(=O)O.CCOCC(C)C(=O)OC.CO.O=S(=O)(O)O. The monoisotopic (exact) mass is 409 g/mol. The molecule has 0 amide bonds. The van der Waals surface area contributed by atoms with Crippen LogP contribution in [0.25, 0.3) is 0 Å². The largest absolute Gasteiger partial charge is 0.481 e. The summed E-state index contributed by atoms with van der Waals surface area (Å²) >= 11 is 0. The fourth-order valence-electron chi connectivity index (χ4n) is 0.880. The van der Waals surface area contributed by atoms with Crippen LogP contribution < -0.4 is 5.73 Å². The Morgan fingerprint density at radius 3 is 1.69 bits per heavy atom.